The van der Waals surface area contributed by atoms with Crippen molar-refractivity contribution in [2.24, 2.45) is 0 Å². The highest BCUT2D eigenvalue weighted by atomic mass is 16.5. The summed E-state index contributed by atoms with van der Waals surface area (Å²) in [5, 5.41) is 4.17. The Balaban J connectivity index is 1.73. The number of hydrogen-bond donors (Lipinski definition) is 2. The summed E-state index contributed by atoms with van der Waals surface area (Å²) in [6.07, 6.45) is 3.59. The van der Waals surface area contributed by atoms with E-state index in [1.54, 1.807) is 26.5 Å². The number of rotatable bonds is 7. The van der Waals surface area contributed by atoms with E-state index in [0.717, 1.165) is 27.7 Å². The van der Waals surface area contributed by atoms with E-state index < -0.39 is 0 Å². The van der Waals surface area contributed by atoms with Gasteiger partial charge in [0.25, 0.3) is 5.91 Å². The summed E-state index contributed by atoms with van der Waals surface area (Å²) in [7, 11) is 3.25. The number of carbonyl (C=O) groups excluding carboxylic acids is 1. The molecule has 0 aliphatic rings. The lowest BCUT2D eigenvalue weighted by Crippen LogP contribution is -2.29. The van der Waals surface area contributed by atoms with E-state index in [4.69, 9.17) is 9.47 Å². The highest BCUT2D eigenvalue weighted by molar-refractivity contribution is 5.94. The summed E-state index contributed by atoms with van der Waals surface area (Å²) in [6, 6.07) is 17.5. The fraction of sp³-hybridized carbons (Fsp3) is 0.200. The van der Waals surface area contributed by atoms with Crippen molar-refractivity contribution in [3.63, 3.8) is 0 Å². The van der Waals surface area contributed by atoms with Gasteiger partial charge in [0.1, 0.15) is 0 Å². The van der Waals surface area contributed by atoms with E-state index in [-0.39, 0.29) is 11.8 Å². The number of benzene rings is 2. The molecule has 1 atom stereocenters. The fourth-order valence-electron chi connectivity index (χ4n) is 3.86. The summed E-state index contributed by atoms with van der Waals surface area (Å²) < 4.78 is 11.2. The van der Waals surface area contributed by atoms with Crippen LogP contribution in [-0.2, 0) is 0 Å². The van der Waals surface area contributed by atoms with Crippen LogP contribution in [0.25, 0.3) is 10.9 Å². The predicted octanol–water partition coefficient (Wildman–Crippen LogP) is 4.45. The summed E-state index contributed by atoms with van der Waals surface area (Å²) >= 11 is 0. The van der Waals surface area contributed by atoms with Gasteiger partial charge in [0.05, 0.1) is 19.8 Å². The zero-order valence-corrected chi connectivity index (χ0v) is 17.8. The Labute approximate surface area is 181 Å². The van der Waals surface area contributed by atoms with Crippen LogP contribution in [0, 0.1) is 6.92 Å². The third kappa shape index (κ3) is 4.10. The van der Waals surface area contributed by atoms with Crippen molar-refractivity contribution in [2.75, 3.05) is 20.8 Å². The number of nitrogens with one attached hydrogen (secondary N) is 2. The molecule has 1 unspecified atom stereocenters. The van der Waals surface area contributed by atoms with Gasteiger partial charge in [0.2, 0.25) is 0 Å². The molecule has 158 valence electrons. The number of para-hydroxylation sites is 2. The quantitative estimate of drug-likeness (QED) is 0.468. The number of fused-ring (bicyclic) bond motifs is 1. The van der Waals surface area contributed by atoms with E-state index in [1.807, 2.05) is 55.6 Å². The number of methoxy groups -OCH3 is 2. The molecule has 0 radical (unpaired) electrons. The molecule has 4 aromatic rings. The highest BCUT2D eigenvalue weighted by Gasteiger charge is 2.24. The molecule has 4 rings (SSSR count). The lowest BCUT2D eigenvalue weighted by atomic mass is 9.89. The summed E-state index contributed by atoms with van der Waals surface area (Å²) in [5.74, 6) is 0.994. The number of nitrogens with zero attached hydrogens (tertiary/aromatic N) is 1. The minimum Gasteiger partial charge on any atom is -0.493 e. The van der Waals surface area contributed by atoms with Crippen molar-refractivity contribution in [1.82, 2.24) is 15.3 Å². The van der Waals surface area contributed by atoms with Gasteiger partial charge in [0, 0.05) is 47.0 Å². The molecule has 0 fully saturated rings. The molecule has 0 spiro atoms. The molecule has 0 saturated heterocycles. The average Bonchev–Trinajstić information content (AvgIpc) is 3.23. The first-order valence-corrected chi connectivity index (χ1v) is 10.1. The maximum Gasteiger partial charge on any atom is 0.252 e. The summed E-state index contributed by atoms with van der Waals surface area (Å²) in [6.45, 7) is 2.28. The monoisotopic (exact) mass is 415 g/mol. The van der Waals surface area contributed by atoms with Gasteiger partial charge in [-0.25, -0.2) is 0 Å². The normalized spacial score (nSPS) is 11.8. The second-order valence-corrected chi connectivity index (χ2v) is 7.32. The van der Waals surface area contributed by atoms with Gasteiger partial charge in [-0.05, 0) is 36.8 Å². The van der Waals surface area contributed by atoms with Gasteiger partial charge in [-0.15, -0.1) is 0 Å². The highest BCUT2D eigenvalue weighted by Crippen LogP contribution is 2.40. The lowest BCUT2D eigenvalue weighted by Gasteiger charge is -2.22. The Morgan fingerprint density at radius 1 is 1.03 bits per heavy atom. The first kappa shape index (κ1) is 20.5. The molecule has 31 heavy (non-hydrogen) atoms. The molecule has 2 aromatic carbocycles. The van der Waals surface area contributed by atoms with E-state index in [2.05, 4.69) is 21.4 Å². The Morgan fingerprint density at radius 3 is 2.61 bits per heavy atom. The molecule has 2 N–H and O–H groups in total. The Hall–Kier alpha value is -3.80. The largest absolute Gasteiger partial charge is 0.493 e. The molecule has 1 amide bonds. The van der Waals surface area contributed by atoms with E-state index in [0.29, 0.717) is 23.6 Å². The maximum atomic E-state index is 12.8. The van der Waals surface area contributed by atoms with Crippen LogP contribution in [0.5, 0.6) is 11.5 Å². The Bertz CT molecular complexity index is 1200. The molecule has 0 aliphatic heterocycles. The molecule has 2 heterocycles. The standard InChI is InChI=1S/C25H25N3O3/c1-16-11-12-17(13-26-16)25(29)28-15-21(19-8-6-10-23(30-2)24(19)31-3)20-14-27-22-9-5-4-7-18(20)22/h4-14,21,27H,15H2,1-3H3,(H,28,29). The number of pyridine rings is 1. The fourth-order valence-corrected chi connectivity index (χ4v) is 3.86. The van der Waals surface area contributed by atoms with Crippen LogP contribution >= 0.6 is 0 Å². The second kappa shape index (κ2) is 8.92. The molecule has 6 heteroatoms. The summed E-state index contributed by atoms with van der Waals surface area (Å²) in [5.41, 5.74) is 4.45. The van der Waals surface area contributed by atoms with Crippen molar-refractivity contribution >= 4 is 16.8 Å². The zero-order valence-electron chi connectivity index (χ0n) is 17.8. The Morgan fingerprint density at radius 2 is 1.87 bits per heavy atom. The van der Waals surface area contributed by atoms with E-state index in [1.165, 1.54) is 0 Å². The average molecular weight is 415 g/mol. The molecular formula is C25H25N3O3. The van der Waals surface area contributed by atoms with Crippen molar-refractivity contribution < 1.29 is 14.3 Å². The SMILES string of the molecule is COc1cccc(C(CNC(=O)c2ccc(C)nc2)c2c[nH]c3ccccc23)c1OC. The van der Waals surface area contributed by atoms with Gasteiger partial charge in [-0.3, -0.25) is 9.78 Å². The number of aryl methyl sites for hydroxylation is 1. The topological polar surface area (TPSA) is 76.2 Å². The number of hydrogen-bond acceptors (Lipinski definition) is 4. The number of carbonyl (C=O) groups is 1. The molecule has 0 bridgehead atoms. The van der Waals surface area contributed by atoms with E-state index in [9.17, 15) is 4.79 Å². The smallest absolute Gasteiger partial charge is 0.252 e. The predicted molar refractivity (Wildman–Crippen MR) is 121 cm³/mol. The third-order valence-corrected chi connectivity index (χ3v) is 5.45. The van der Waals surface area contributed by atoms with Crippen molar-refractivity contribution in [3.05, 3.63) is 89.4 Å². The van der Waals surface area contributed by atoms with Crippen molar-refractivity contribution in [3.8, 4) is 11.5 Å². The number of H-pyrrole nitrogens is 1. The van der Waals surface area contributed by atoms with Crippen LogP contribution in [0.4, 0.5) is 0 Å². The van der Waals surface area contributed by atoms with Crippen LogP contribution in [0.2, 0.25) is 0 Å². The van der Waals surface area contributed by atoms with Crippen molar-refractivity contribution in [2.45, 2.75) is 12.8 Å². The van der Waals surface area contributed by atoms with Gasteiger partial charge < -0.3 is 19.8 Å². The molecule has 0 saturated carbocycles. The maximum absolute atomic E-state index is 12.8. The van der Waals surface area contributed by atoms with Crippen LogP contribution in [-0.4, -0.2) is 36.6 Å². The van der Waals surface area contributed by atoms with E-state index >= 15 is 0 Å². The number of aromatic nitrogens is 2. The summed E-state index contributed by atoms with van der Waals surface area (Å²) in [4.78, 5) is 20.3. The second-order valence-electron chi connectivity index (χ2n) is 7.32. The van der Waals surface area contributed by atoms with Gasteiger partial charge in [0.15, 0.2) is 11.5 Å². The van der Waals surface area contributed by atoms with Gasteiger partial charge in [-0.1, -0.05) is 30.3 Å². The van der Waals surface area contributed by atoms with Crippen LogP contribution in [0.15, 0.2) is 67.0 Å². The first-order valence-electron chi connectivity index (χ1n) is 10.1. The minimum atomic E-state index is -0.167. The molecule has 2 aromatic heterocycles. The number of aromatic amines is 1. The minimum absolute atomic E-state index is 0.149. The van der Waals surface area contributed by atoms with Crippen LogP contribution in [0.3, 0.4) is 0 Å². The van der Waals surface area contributed by atoms with Gasteiger partial charge in [-0.2, -0.15) is 0 Å². The number of amides is 1. The van der Waals surface area contributed by atoms with Crippen LogP contribution in [0.1, 0.15) is 33.1 Å². The van der Waals surface area contributed by atoms with Crippen molar-refractivity contribution in [1.29, 1.82) is 0 Å². The van der Waals surface area contributed by atoms with Crippen LogP contribution < -0.4 is 14.8 Å². The van der Waals surface area contributed by atoms with Gasteiger partial charge >= 0.3 is 0 Å². The molecule has 6 nitrogen and oxygen atoms in total. The Kier molecular flexibility index (Phi) is 5.89. The number of ether oxygens (including phenoxy) is 2. The zero-order chi connectivity index (χ0) is 21.8. The lowest BCUT2D eigenvalue weighted by molar-refractivity contribution is 0.0952. The molecule has 0 aliphatic carbocycles. The third-order valence-electron chi connectivity index (χ3n) is 5.45. The molecular weight excluding hydrogens is 390 g/mol. The first-order chi connectivity index (χ1) is 15.1.